The second kappa shape index (κ2) is 5.24. The molecule has 0 aromatic carbocycles. The minimum atomic E-state index is -4.60. The normalized spacial score (nSPS) is 19.5. The van der Waals surface area contributed by atoms with Crippen molar-refractivity contribution in [2.75, 3.05) is 13.1 Å². The van der Waals surface area contributed by atoms with Crippen LogP contribution in [-0.4, -0.2) is 41.3 Å². The van der Waals surface area contributed by atoms with Gasteiger partial charge in [-0.1, -0.05) is 0 Å². The van der Waals surface area contributed by atoms with Crippen molar-refractivity contribution < 1.29 is 27.5 Å². The molecule has 4 nitrogen and oxygen atoms in total. The predicted octanol–water partition coefficient (Wildman–Crippen LogP) is 2.06. The topological polar surface area (TPSA) is 53.7 Å². The summed E-state index contributed by atoms with van der Waals surface area (Å²) in [6.07, 6.45) is -3.94. The Bertz CT molecular complexity index is 422. The average Bonchev–Trinajstić information content (AvgIpc) is 2.90. The van der Waals surface area contributed by atoms with Crippen molar-refractivity contribution in [1.29, 1.82) is 0 Å². The van der Waals surface area contributed by atoms with Crippen molar-refractivity contribution in [1.82, 2.24) is 4.90 Å². The molecular formula is C12H14F3NO3. The third-order valence-electron chi connectivity index (χ3n) is 3.38. The van der Waals surface area contributed by atoms with Gasteiger partial charge in [-0.2, -0.15) is 13.2 Å². The molecule has 2 heterocycles. The molecule has 0 radical (unpaired) electrons. The number of piperidine rings is 1. The summed E-state index contributed by atoms with van der Waals surface area (Å²) in [6, 6.07) is 1.51. The van der Waals surface area contributed by atoms with Gasteiger partial charge >= 0.3 is 6.18 Å². The Morgan fingerprint density at radius 2 is 2.05 bits per heavy atom. The van der Waals surface area contributed by atoms with Crippen LogP contribution in [0.2, 0.25) is 0 Å². The van der Waals surface area contributed by atoms with E-state index in [9.17, 15) is 23.1 Å². The number of hydrogen-bond acceptors (Lipinski definition) is 3. The van der Waals surface area contributed by atoms with E-state index in [0.717, 1.165) is 0 Å². The first-order valence-electron chi connectivity index (χ1n) is 5.96. The zero-order chi connectivity index (χ0) is 14.0. The highest BCUT2D eigenvalue weighted by Gasteiger charge is 2.44. The quantitative estimate of drug-likeness (QED) is 0.900. The van der Waals surface area contributed by atoms with Gasteiger partial charge in [-0.25, -0.2) is 0 Å². The van der Waals surface area contributed by atoms with E-state index in [2.05, 4.69) is 0 Å². The van der Waals surface area contributed by atoms with E-state index < -0.39 is 18.2 Å². The highest BCUT2D eigenvalue weighted by molar-refractivity contribution is 5.93. The Morgan fingerprint density at radius 3 is 2.53 bits per heavy atom. The van der Waals surface area contributed by atoms with Crippen molar-refractivity contribution in [3.05, 3.63) is 24.2 Å². The number of aliphatic hydroxyl groups is 1. The number of carbonyl (C=O) groups excluding carboxylic acids is 1. The fraction of sp³-hybridized carbons (Fsp3) is 0.583. The molecule has 1 unspecified atom stereocenters. The van der Waals surface area contributed by atoms with Crippen LogP contribution in [0.15, 0.2) is 23.0 Å². The van der Waals surface area contributed by atoms with Gasteiger partial charge in [-0.3, -0.25) is 4.79 Å². The van der Waals surface area contributed by atoms with Crippen molar-refractivity contribution in [2.24, 2.45) is 5.92 Å². The Morgan fingerprint density at radius 1 is 1.42 bits per heavy atom. The predicted molar refractivity (Wildman–Crippen MR) is 59.4 cm³/mol. The molecule has 106 valence electrons. The van der Waals surface area contributed by atoms with Crippen molar-refractivity contribution >= 4 is 5.91 Å². The van der Waals surface area contributed by atoms with Crippen LogP contribution in [0, 0.1) is 5.92 Å². The third kappa shape index (κ3) is 3.09. The highest BCUT2D eigenvalue weighted by Crippen LogP contribution is 2.31. The van der Waals surface area contributed by atoms with Gasteiger partial charge < -0.3 is 14.4 Å². The van der Waals surface area contributed by atoms with Crippen LogP contribution in [0.1, 0.15) is 23.2 Å². The second-order valence-electron chi connectivity index (χ2n) is 4.63. The molecule has 0 aliphatic carbocycles. The summed E-state index contributed by atoms with van der Waals surface area (Å²) >= 11 is 0. The summed E-state index contributed by atoms with van der Waals surface area (Å²) < 4.78 is 41.9. The lowest BCUT2D eigenvalue weighted by Crippen LogP contribution is -2.45. The molecule has 1 N–H and O–H groups in total. The summed E-state index contributed by atoms with van der Waals surface area (Å²) in [7, 11) is 0. The Kier molecular flexibility index (Phi) is 3.84. The Balaban J connectivity index is 1.91. The summed E-state index contributed by atoms with van der Waals surface area (Å²) in [5.41, 5.74) is 0.384. The molecule has 0 saturated carbocycles. The van der Waals surface area contributed by atoms with E-state index in [-0.39, 0.29) is 31.8 Å². The lowest BCUT2D eigenvalue weighted by Gasteiger charge is -2.34. The minimum Gasteiger partial charge on any atom is -0.472 e. The fourth-order valence-corrected chi connectivity index (χ4v) is 2.25. The van der Waals surface area contributed by atoms with Gasteiger partial charge in [0, 0.05) is 13.1 Å². The first kappa shape index (κ1) is 13.9. The number of carbonyl (C=O) groups is 1. The van der Waals surface area contributed by atoms with E-state index in [1.807, 2.05) is 0 Å². The fourth-order valence-electron chi connectivity index (χ4n) is 2.25. The van der Waals surface area contributed by atoms with E-state index in [1.165, 1.54) is 23.5 Å². The molecule has 1 amide bonds. The maximum Gasteiger partial charge on any atom is 0.414 e. The number of likely N-dealkylation sites (tertiary alicyclic amines) is 1. The standard InChI is InChI=1S/C12H14F3NO3/c13-12(14,15)10(17)8-1-4-16(5-2-8)11(18)9-3-6-19-7-9/h3,6-8,10,17H,1-2,4-5H2. The molecule has 2 rings (SSSR count). The van der Waals surface area contributed by atoms with E-state index in [0.29, 0.717) is 5.56 Å². The van der Waals surface area contributed by atoms with Crippen LogP contribution in [-0.2, 0) is 0 Å². The molecule has 1 aliphatic rings. The van der Waals surface area contributed by atoms with Gasteiger partial charge in [-0.05, 0) is 24.8 Å². The SMILES string of the molecule is O=C(c1ccoc1)N1CCC(C(O)C(F)(F)F)CC1. The summed E-state index contributed by atoms with van der Waals surface area (Å²) in [6.45, 7) is 0.420. The van der Waals surface area contributed by atoms with E-state index >= 15 is 0 Å². The molecule has 1 aromatic heterocycles. The molecule has 0 spiro atoms. The first-order valence-corrected chi connectivity index (χ1v) is 5.96. The summed E-state index contributed by atoms with van der Waals surface area (Å²) in [4.78, 5) is 13.4. The minimum absolute atomic E-state index is 0.143. The lowest BCUT2D eigenvalue weighted by atomic mass is 9.90. The number of amides is 1. The molecule has 1 saturated heterocycles. The molecule has 1 atom stereocenters. The van der Waals surface area contributed by atoms with Gasteiger partial charge in [-0.15, -0.1) is 0 Å². The van der Waals surface area contributed by atoms with Gasteiger partial charge in [0.1, 0.15) is 6.26 Å². The second-order valence-corrected chi connectivity index (χ2v) is 4.63. The highest BCUT2D eigenvalue weighted by atomic mass is 19.4. The van der Waals surface area contributed by atoms with Crippen LogP contribution in [0.3, 0.4) is 0 Å². The summed E-state index contributed by atoms with van der Waals surface area (Å²) in [5, 5.41) is 9.18. The number of hydrogen-bond donors (Lipinski definition) is 1. The smallest absolute Gasteiger partial charge is 0.414 e. The number of alkyl halides is 3. The molecule has 0 bridgehead atoms. The monoisotopic (exact) mass is 277 g/mol. The van der Waals surface area contributed by atoms with Crippen molar-refractivity contribution in [2.45, 2.75) is 25.1 Å². The number of halogens is 3. The van der Waals surface area contributed by atoms with Gasteiger partial charge in [0.2, 0.25) is 0 Å². The third-order valence-corrected chi connectivity index (χ3v) is 3.38. The molecular weight excluding hydrogens is 263 g/mol. The number of aliphatic hydroxyl groups excluding tert-OH is 1. The lowest BCUT2D eigenvalue weighted by molar-refractivity contribution is -0.222. The number of furan rings is 1. The number of rotatable bonds is 2. The molecule has 1 aliphatic heterocycles. The Labute approximate surface area is 107 Å². The van der Waals surface area contributed by atoms with Crippen LogP contribution in [0.25, 0.3) is 0 Å². The van der Waals surface area contributed by atoms with Crippen molar-refractivity contribution in [3.8, 4) is 0 Å². The van der Waals surface area contributed by atoms with E-state index in [1.54, 1.807) is 0 Å². The maximum atomic E-state index is 12.4. The van der Waals surface area contributed by atoms with E-state index in [4.69, 9.17) is 4.42 Å². The zero-order valence-electron chi connectivity index (χ0n) is 10.1. The summed E-state index contributed by atoms with van der Waals surface area (Å²) in [5.74, 6) is -1.10. The first-order chi connectivity index (χ1) is 8.89. The van der Waals surface area contributed by atoms with Crippen LogP contribution < -0.4 is 0 Å². The van der Waals surface area contributed by atoms with Crippen LogP contribution in [0.5, 0.6) is 0 Å². The zero-order valence-corrected chi connectivity index (χ0v) is 10.1. The van der Waals surface area contributed by atoms with Gasteiger partial charge in [0.25, 0.3) is 5.91 Å². The largest absolute Gasteiger partial charge is 0.472 e. The number of nitrogens with zero attached hydrogens (tertiary/aromatic N) is 1. The van der Waals surface area contributed by atoms with Gasteiger partial charge in [0.05, 0.1) is 11.8 Å². The molecule has 7 heteroatoms. The molecule has 1 aromatic rings. The Hall–Kier alpha value is -1.50. The molecule has 1 fully saturated rings. The van der Waals surface area contributed by atoms with Gasteiger partial charge in [0.15, 0.2) is 6.10 Å². The molecule has 19 heavy (non-hydrogen) atoms. The van der Waals surface area contributed by atoms with Crippen LogP contribution in [0.4, 0.5) is 13.2 Å². The van der Waals surface area contributed by atoms with Crippen LogP contribution >= 0.6 is 0 Å². The van der Waals surface area contributed by atoms with Crippen molar-refractivity contribution in [3.63, 3.8) is 0 Å². The maximum absolute atomic E-state index is 12.4. The average molecular weight is 277 g/mol.